The molecule has 0 saturated carbocycles. The average molecular weight is 316 g/mol. The van der Waals surface area contributed by atoms with Gasteiger partial charge < -0.3 is 9.47 Å². The number of rotatable bonds is 7. The summed E-state index contributed by atoms with van der Waals surface area (Å²) in [5, 5.41) is 0. The Bertz CT molecular complexity index is 346. The van der Waals surface area contributed by atoms with E-state index in [9.17, 15) is 22.8 Å². The van der Waals surface area contributed by atoms with Crippen LogP contribution < -0.4 is 0 Å². The SMILES string of the molecule is CCOC(=O)CSC(C)(C(C)C(=O)OCC)C(F)(F)F. The van der Waals surface area contributed by atoms with E-state index >= 15 is 0 Å². The fraction of sp³-hybridized carbons (Fsp3) is 0.833. The van der Waals surface area contributed by atoms with Crippen LogP contribution in [0.25, 0.3) is 0 Å². The van der Waals surface area contributed by atoms with E-state index in [1.165, 1.54) is 6.92 Å². The quantitative estimate of drug-likeness (QED) is 0.676. The summed E-state index contributed by atoms with van der Waals surface area (Å²) in [7, 11) is 0. The van der Waals surface area contributed by atoms with Gasteiger partial charge in [-0.15, -0.1) is 11.8 Å². The Morgan fingerprint density at radius 1 is 1.15 bits per heavy atom. The van der Waals surface area contributed by atoms with Crippen LogP contribution >= 0.6 is 11.8 Å². The third kappa shape index (κ3) is 4.88. The van der Waals surface area contributed by atoms with E-state index in [2.05, 4.69) is 9.47 Å². The van der Waals surface area contributed by atoms with Crippen LogP contribution in [-0.2, 0) is 19.1 Å². The average Bonchev–Trinajstić information content (AvgIpc) is 2.34. The van der Waals surface area contributed by atoms with Gasteiger partial charge >= 0.3 is 18.1 Å². The largest absolute Gasteiger partial charge is 0.466 e. The molecule has 4 nitrogen and oxygen atoms in total. The molecular formula is C12H19F3O4S. The minimum Gasteiger partial charge on any atom is -0.466 e. The number of hydrogen-bond donors (Lipinski definition) is 0. The smallest absolute Gasteiger partial charge is 0.403 e. The lowest BCUT2D eigenvalue weighted by Crippen LogP contribution is -2.49. The highest BCUT2D eigenvalue weighted by atomic mass is 32.2. The van der Waals surface area contributed by atoms with E-state index in [-0.39, 0.29) is 13.2 Å². The van der Waals surface area contributed by atoms with Crippen LogP contribution in [0.4, 0.5) is 13.2 Å². The molecule has 0 heterocycles. The van der Waals surface area contributed by atoms with E-state index in [1.54, 1.807) is 6.92 Å². The Balaban J connectivity index is 5.02. The van der Waals surface area contributed by atoms with Gasteiger partial charge in [0.25, 0.3) is 0 Å². The minimum absolute atomic E-state index is 0.000344. The van der Waals surface area contributed by atoms with Crippen molar-refractivity contribution in [1.29, 1.82) is 0 Å². The van der Waals surface area contributed by atoms with Gasteiger partial charge in [-0.1, -0.05) is 6.92 Å². The summed E-state index contributed by atoms with van der Waals surface area (Å²) in [5.41, 5.74) is 0. The minimum atomic E-state index is -4.66. The van der Waals surface area contributed by atoms with Crippen LogP contribution in [0.3, 0.4) is 0 Å². The van der Waals surface area contributed by atoms with E-state index in [1.807, 2.05) is 0 Å². The van der Waals surface area contributed by atoms with Crippen LogP contribution in [0.5, 0.6) is 0 Å². The molecule has 0 aliphatic heterocycles. The second-order valence-corrected chi connectivity index (χ2v) is 5.60. The molecule has 0 aliphatic rings. The number of carbonyl (C=O) groups is 2. The summed E-state index contributed by atoms with van der Waals surface area (Å²) in [4.78, 5) is 22.8. The normalized spacial score (nSPS) is 16.1. The molecule has 20 heavy (non-hydrogen) atoms. The summed E-state index contributed by atoms with van der Waals surface area (Å²) in [6.45, 7) is 5.20. The van der Waals surface area contributed by atoms with Crippen molar-refractivity contribution in [2.45, 2.75) is 38.6 Å². The van der Waals surface area contributed by atoms with Gasteiger partial charge in [-0.25, -0.2) is 0 Å². The predicted octanol–water partition coefficient (Wildman–Crippen LogP) is 2.80. The molecule has 0 aromatic heterocycles. The molecular weight excluding hydrogens is 297 g/mol. The maximum absolute atomic E-state index is 13.2. The summed E-state index contributed by atoms with van der Waals surface area (Å²) >= 11 is 0.341. The van der Waals surface area contributed by atoms with E-state index in [4.69, 9.17) is 0 Å². The summed E-state index contributed by atoms with van der Waals surface area (Å²) in [5.74, 6) is -3.59. The Hall–Kier alpha value is -0.920. The van der Waals surface area contributed by atoms with Crippen molar-refractivity contribution in [2.24, 2.45) is 5.92 Å². The molecule has 0 fully saturated rings. The molecule has 2 unspecified atom stereocenters. The zero-order chi connectivity index (χ0) is 16.0. The molecule has 0 rings (SSSR count). The van der Waals surface area contributed by atoms with Gasteiger partial charge in [0.15, 0.2) is 0 Å². The molecule has 0 amide bonds. The molecule has 0 N–H and O–H groups in total. The summed E-state index contributed by atoms with van der Waals surface area (Å²) < 4.78 is 46.4. The van der Waals surface area contributed by atoms with E-state index in [0.717, 1.165) is 13.8 Å². The first-order valence-electron chi connectivity index (χ1n) is 6.13. The number of thioether (sulfide) groups is 1. The third-order valence-corrected chi connectivity index (χ3v) is 4.39. The van der Waals surface area contributed by atoms with Gasteiger partial charge in [0.05, 0.1) is 24.9 Å². The second-order valence-electron chi connectivity index (χ2n) is 4.17. The van der Waals surface area contributed by atoms with Gasteiger partial charge in [0.2, 0.25) is 0 Å². The van der Waals surface area contributed by atoms with Crippen molar-refractivity contribution in [1.82, 2.24) is 0 Å². The second kappa shape index (κ2) is 7.75. The van der Waals surface area contributed by atoms with Crippen LogP contribution in [0.2, 0.25) is 0 Å². The Labute approximate surface area is 120 Å². The zero-order valence-corrected chi connectivity index (χ0v) is 12.7. The van der Waals surface area contributed by atoms with Crippen LogP contribution in [-0.4, -0.2) is 41.8 Å². The maximum Gasteiger partial charge on any atom is 0.403 e. The Morgan fingerprint density at radius 2 is 1.65 bits per heavy atom. The number of ether oxygens (including phenoxy) is 2. The van der Waals surface area contributed by atoms with Crippen LogP contribution in [0.1, 0.15) is 27.7 Å². The van der Waals surface area contributed by atoms with Crippen molar-refractivity contribution in [3.8, 4) is 0 Å². The van der Waals surface area contributed by atoms with Crippen molar-refractivity contribution in [3.63, 3.8) is 0 Å². The van der Waals surface area contributed by atoms with Crippen LogP contribution in [0, 0.1) is 5.92 Å². The molecule has 0 aromatic rings. The molecule has 0 aromatic carbocycles. The number of alkyl halides is 3. The topological polar surface area (TPSA) is 52.6 Å². The molecule has 0 radical (unpaired) electrons. The van der Waals surface area contributed by atoms with E-state index < -0.39 is 34.5 Å². The van der Waals surface area contributed by atoms with Gasteiger partial charge in [0.1, 0.15) is 4.75 Å². The van der Waals surface area contributed by atoms with Crippen molar-refractivity contribution in [3.05, 3.63) is 0 Å². The number of halogens is 3. The monoisotopic (exact) mass is 316 g/mol. The highest BCUT2D eigenvalue weighted by Crippen LogP contribution is 2.47. The van der Waals surface area contributed by atoms with Crippen molar-refractivity contribution >= 4 is 23.7 Å². The molecule has 2 atom stereocenters. The Morgan fingerprint density at radius 3 is 2.05 bits per heavy atom. The summed E-state index contributed by atoms with van der Waals surface area (Å²) in [6.07, 6.45) is -4.66. The first kappa shape index (κ1) is 19.1. The first-order valence-corrected chi connectivity index (χ1v) is 7.11. The third-order valence-electron chi connectivity index (χ3n) is 2.82. The highest BCUT2D eigenvalue weighted by Gasteiger charge is 2.57. The number of hydrogen-bond acceptors (Lipinski definition) is 5. The molecule has 118 valence electrons. The standard InChI is InChI=1S/C12H19F3O4S/c1-5-18-9(16)7-20-11(4,12(13,14)15)8(3)10(17)19-6-2/h8H,5-7H2,1-4H3. The molecule has 0 spiro atoms. The Kier molecular flexibility index (Phi) is 7.40. The first-order chi connectivity index (χ1) is 9.10. The van der Waals surface area contributed by atoms with Gasteiger partial charge in [-0.05, 0) is 20.8 Å². The fourth-order valence-electron chi connectivity index (χ4n) is 1.36. The maximum atomic E-state index is 13.2. The molecule has 0 bridgehead atoms. The van der Waals surface area contributed by atoms with Crippen molar-refractivity contribution in [2.75, 3.05) is 19.0 Å². The van der Waals surface area contributed by atoms with Crippen molar-refractivity contribution < 1.29 is 32.2 Å². The van der Waals surface area contributed by atoms with Gasteiger partial charge in [-0.2, -0.15) is 13.2 Å². The lowest BCUT2D eigenvalue weighted by Gasteiger charge is -2.35. The number of esters is 2. The fourth-order valence-corrected chi connectivity index (χ4v) is 2.37. The predicted molar refractivity (Wildman–Crippen MR) is 69.3 cm³/mol. The summed E-state index contributed by atoms with van der Waals surface area (Å²) in [6, 6.07) is 0. The number of carbonyl (C=O) groups excluding carboxylic acids is 2. The van der Waals surface area contributed by atoms with Gasteiger partial charge in [0, 0.05) is 0 Å². The van der Waals surface area contributed by atoms with E-state index in [0.29, 0.717) is 11.8 Å². The highest BCUT2D eigenvalue weighted by molar-refractivity contribution is 8.01. The molecule has 0 aliphatic carbocycles. The van der Waals surface area contributed by atoms with Gasteiger partial charge in [-0.3, -0.25) is 9.59 Å². The lowest BCUT2D eigenvalue weighted by molar-refractivity contribution is -0.180. The molecule has 0 saturated heterocycles. The zero-order valence-electron chi connectivity index (χ0n) is 11.9. The van der Waals surface area contributed by atoms with Crippen LogP contribution in [0.15, 0.2) is 0 Å². The molecule has 8 heteroatoms. The lowest BCUT2D eigenvalue weighted by atomic mass is 9.94.